The highest BCUT2D eigenvalue weighted by atomic mass is 16.6. The number of ether oxygens (including phenoxy) is 3. The van der Waals surface area contributed by atoms with Crippen LogP contribution in [-0.4, -0.2) is 37.2 Å². The normalized spacial score (nSPS) is 12.4. The third-order valence-corrected chi connectivity index (χ3v) is 12.5. The summed E-state index contributed by atoms with van der Waals surface area (Å²) in [5, 5.41) is 0. The lowest BCUT2D eigenvalue weighted by Crippen LogP contribution is -2.31. The summed E-state index contributed by atoms with van der Waals surface area (Å²) in [6.45, 7) is 8.60. The molecule has 0 aromatic heterocycles. The number of hydrogen-bond acceptors (Lipinski definition) is 6. The first-order valence-corrected chi connectivity index (χ1v) is 27.0. The zero-order valence-corrected chi connectivity index (χ0v) is 40.9. The molecule has 0 N–H and O–H groups in total. The Morgan fingerprint density at radius 1 is 0.333 bits per heavy atom. The average Bonchev–Trinajstić information content (AvgIpc) is 3.24. The van der Waals surface area contributed by atoms with Gasteiger partial charge < -0.3 is 14.2 Å². The Hall–Kier alpha value is -1.59. The van der Waals surface area contributed by atoms with E-state index in [0.29, 0.717) is 12.8 Å². The molecular formula is C54H104O6. The SMILES string of the molecule is CCCCCCCCCCCCCCCCC(C)C(=O)OCC(COC(=O)CCCCCCCCCCCCCCC)OC(=O)CCCCCCCCCCCCCCC. The fourth-order valence-corrected chi connectivity index (χ4v) is 8.27. The second kappa shape index (κ2) is 48.4. The highest BCUT2D eigenvalue weighted by molar-refractivity contribution is 5.72. The first-order valence-electron chi connectivity index (χ1n) is 27.0. The number of esters is 3. The molecule has 0 saturated heterocycles. The number of rotatable bonds is 49. The maximum atomic E-state index is 12.9. The monoisotopic (exact) mass is 849 g/mol. The quantitative estimate of drug-likeness (QED) is 0.0345. The second-order valence-electron chi connectivity index (χ2n) is 18.7. The van der Waals surface area contributed by atoms with Gasteiger partial charge in [0, 0.05) is 12.8 Å². The Morgan fingerprint density at radius 3 is 0.933 bits per heavy atom. The molecule has 0 heterocycles. The van der Waals surface area contributed by atoms with Crippen LogP contribution in [-0.2, 0) is 28.6 Å². The summed E-state index contributed by atoms with van der Waals surface area (Å²) < 4.78 is 17.0. The lowest BCUT2D eigenvalue weighted by molar-refractivity contribution is -0.168. The van der Waals surface area contributed by atoms with Gasteiger partial charge in [-0.3, -0.25) is 14.4 Å². The fourth-order valence-electron chi connectivity index (χ4n) is 8.27. The van der Waals surface area contributed by atoms with E-state index in [1.807, 2.05) is 6.92 Å². The first kappa shape index (κ1) is 58.4. The van der Waals surface area contributed by atoms with Gasteiger partial charge in [0.05, 0.1) is 5.92 Å². The molecule has 0 aliphatic carbocycles. The molecule has 0 aliphatic heterocycles. The summed E-state index contributed by atoms with van der Waals surface area (Å²) in [5.74, 6) is -1.04. The van der Waals surface area contributed by atoms with Crippen LogP contribution < -0.4 is 0 Å². The zero-order valence-electron chi connectivity index (χ0n) is 40.9. The molecule has 60 heavy (non-hydrogen) atoms. The highest BCUT2D eigenvalue weighted by Crippen LogP contribution is 2.18. The molecule has 2 atom stereocenters. The van der Waals surface area contributed by atoms with Gasteiger partial charge in [0.25, 0.3) is 0 Å². The van der Waals surface area contributed by atoms with E-state index in [-0.39, 0.29) is 37.0 Å². The molecule has 0 bridgehead atoms. The minimum atomic E-state index is -0.771. The Labute approximate surface area is 374 Å². The molecule has 0 aliphatic rings. The van der Waals surface area contributed by atoms with Gasteiger partial charge in [0.1, 0.15) is 13.2 Å². The standard InChI is InChI=1S/C54H104O6/c1-5-8-11-14-17-20-23-26-29-30-33-36-39-42-45-50(4)54(57)59-49-51(60-53(56)47-44-41-38-35-32-28-25-22-19-16-13-10-7-3)48-58-52(55)46-43-40-37-34-31-27-24-21-18-15-12-9-6-2/h50-51H,5-49H2,1-4H3. The lowest BCUT2D eigenvalue weighted by Gasteiger charge is -2.19. The van der Waals surface area contributed by atoms with Crippen LogP contribution in [0.1, 0.15) is 304 Å². The molecule has 0 radical (unpaired) electrons. The van der Waals surface area contributed by atoms with Crippen LogP contribution in [0, 0.1) is 5.92 Å². The van der Waals surface area contributed by atoms with E-state index < -0.39 is 6.10 Å². The molecule has 6 heteroatoms. The maximum Gasteiger partial charge on any atom is 0.308 e. The van der Waals surface area contributed by atoms with E-state index in [4.69, 9.17) is 14.2 Å². The summed E-state index contributed by atoms with van der Waals surface area (Å²) in [6, 6.07) is 0. The minimum Gasteiger partial charge on any atom is -0.462 e. The average molecular weight is 849 g/mol. The molecule has 0 amide bonds. The Morgan fingerprint density at radius 2 is 0.600 bits per heavy atom. The van der Waals surface area contributed by atoms with Gasteiger partial charge in [-0.05, 0) is 19.3 Å². The van der Waals surface area contributed by atoms with Gasteiger partial charge >= 0.3 is 17.9 Å². The number of carbonyl (C=O) groups excluding carboxylic acids is 3. The van der Waals surface area contributed by atoms with E-state index in [0.717, 1.165) is 57.8 Å². The van der Waals surface area contributed by atoms with Crippen molar-refractivity contribution in [3.8, 4) is 0 Å². The van der Waals surface area contributed by atoms with Crippen molar-refractivity contribution in [1.82, 2.24) is 0 Å². The third-order valence-electron chi connectivity index (χ3n) is 12.5. The van der Waals surface area contributed by atoms with Crippen molar-refractivity contribution in [1.29, 1.82) is 0 Å². The summed E-state index contributed by atoms with van der Waals surface area (Å²) in [5.41, 5.74) is 0. The van der Waals surface area contributed by atoms with E-state index in [9.17, 15) is 14.4 Å². The van der Waals surface area contributed by atoms with Gasteiger partial charge in [0.15, 0.2) is 6.10 Å². The molecule has 0 aromatic carbocycles. The smallest absolute Gasteiger partial charge is 0.308 e. The summed E-state index contributed by atoms with van der Waals surface area (Å²) in [4.78, 5) is 38.4. The number of hydrogen-bond donors (Lipinski definition) is 0. The Bertz CT molecular complexity index is 905. The Balaban J connectivity index is 4.41. The summed E-state index contributed by atoms with van der Waals surface area (Å²) in [6.07, 6.45) is 51.7. The van der Waals surface area contributed by atoms with Crippen molar-refractivity contribution in [2.45, 2.75) is 310 Å². The lowest BCUT2D eigenvalue weighted by atomic mass is 10.0. The molecule has 0 fully saturated rings. The second-order valence-corrected chi connectivity index (χ2v) is 18.7. The largest absolute Gasteiger partial charge is 0.462 e. The van der Waals surface area contributed by atoms with Crippen LogP contribution in [0.2, 0.25) is 0 Å². The molecule has 2 unspecified atom stereocenters. The van der Waals surface area contributed by atoms with Crippen molar-refractivity contribution < 1.29 is 28.6 Å². The van der Waals surface area contributed by atoms with Gasteiger partial charge in [-0.2, -0.15) is 0 Å². The van der Waals surface area contributed by atoms with E-state index >= 15 is 0 Å². The van der Waals surface area contributed by atoms with Crippen molar-refractivity contribution in [3.63, 3.8) is 0 Å². The van der Waals surface area contributed by atoms with E-state index in [2.05, 4.69) is 20.8 Å². The first-order chi connectivity index (χ1) is 29.4. The van der Waals surface area contributed by atoms with Crippen molar-refractivity contribution in [2.75, 3.05) is 13.2 Å². The summed E-state index contributed by atoms with van der Waals surface area (Å²) in [7, 11) is 0. The molecule has 0 spiro atoms. The molecule has 0 saturated carbocycles. The molecule has 356 valence electrons. The topological polar surface area (TPSA) is 78.9 Å². The number of carbonyl (C=O) groups is 3. The van der Waals surface area contributed by atoms with Crippen molar-refractivity contribution in [3.05, 3.63) is 0 Å². The van der Waals surface area contributed by atoms with Crippen LogP contribution >= 0.6 is 0 Å². The number of unbranched alkanes of at least 4 members (excludes halogenated alkanes) is 37. The van der Waals surface area contributed by atoms with Crippen LogP contribution in [0.4, 0.5) is 0 Å². The van der Waals surface area contributed by atoms with Crippen molar-refractivity contribution >= 4 is 17.9 Å². The van der Waals surface area contributed by atoms with Crippen LogP contribution in [0.5, 0.6) is 0 Å². The highest BCUT2D eigenvalue weighted by Gasteiger charge is 2.22. The van der Waals surface area contributed by atoms with Gasteiger partial charge in [-0.1, -0.05) is 272 Å². The minimum absolute atomic E-state index is 0.0672. The van der Waals surface area contributed by atoms with Crippen LogP contribution in [0.15, 0.2) is 0 Å². The van der Waals surface area contributed by atoms with Crippen molar-refractivity contribution in [2.24, 2.45) is 5.92 Å². The molecule has 6 nitrogen and oxygen atoms in total. The Kier molecular flexibility index (Phi) is 47.2. The van der Waals surface area contributed by atoms with Gasteiger partial charge in [-0.25, -0.2) is 0 Å². The van der Waals surface area contributed by atoms with E-state index in [1.165, 1.54) is 205 Å². The third kappa shape index (κ3) is 44.5. The zero-order chi connectivity index (χ0) is 43.8. The maximum absolute atomic E-state index is 12.9. The molecule has 0 aromatic rings. The predicted octanol–water partition coefficient (Wildman–Crippen LogP) is 17.5. The molecular weight excluding hydrogens is 745 g/mol. The predicted molar refractivity (Wildman–Crippen MR) is 257 cm³/mol. The van der Waals surface area contributed by atoms with Crippen LogP contribution in [0.3, 0.4) is 0 Å². The fraction of sp³-hybridized carbons (Fsp3) is 0.944. The molecule has 0 rings (SSSR count). The van der Waals surface area contributed by atoms with Crippen LogP contribution in [0.25, 0.3) is 0 Å². The van der Waals surface area contributed by atoms with E-state index in [1.54, 1.807) is 0 Å². The van der Waals surface area contributed by atoms with Gasteiger partial charge in [0.2, 0.25) is 0 Å². The summed E-state index contributed by atoms with van der Waals surface area (Å²) >= 11 is 0. The van der Waals surface area contributed by atoms with Gasteiger partial charge in [-0.15, -0.1) is 0 Å².